The van der Waals surface area contributed by atoms with Crippen molar-refractivity contribution in [3.05, 3.63) is 18.2 Å². The molecule has 2 aliphatic heterocycles. The van der Waals surface area contributed by atoms with Crippen LogP contribution in [0.15, 0.2) is 18.2 Å². The quantitative estimate of drug-likeness (QED) is 0.872. The Morgan fingerprint density at radius 1 is 1.25 bits per heavy atom. The molecule has 0 radical (unpaired) electrons. The Kier molecular flexibility index (Phi) is 4.96. The fourth-order valence-corrected chi connectivity index (χ4v) is 4.54. The maximum absolute atomic E-state index is 12.4. The van der Waals surface area contributed by atoms with Gasteiger partial charge in [-0.25, -0.2) is 12.7 Å². The van der Waals surface area contributed by atoms with E-state index >= 15 is 0 Å². The van der Waals surface area contributed by atoms with E-state index in [2.05, 4.69) is 5.32 Å². The summed E-state index contributed by atoms with van der Waals surface area (Å²) < 4.78 is 36.2. The van der Waals surface area contributed by atoms with Crippen LogP contribution in [0.25, 0.3) is 0 Å². The summed E-state index contributed by atoms with van der Waals surface area (Å²) in [5.41, 5.74) is 0.658. The van der Waals surface area contributed by atoms with E-state index in [1.54, 1.807) is 18.2 Å². The molecule has 1 aromatic carbocycles. The van der Waals surface area contributed by atoms with E-state index in [4.69, 9.17) is 9.47 Å². The number of nitrogens with zero attached hydrogens (tertiary/aromatic N) is 1. The van der Waals surface area contributed by atoms with Crippen LogP contribution in [0, 0.1) is 5.92 Å². The normalized spacial score (nSPS) is 18.5. The van der Waals surface area contributed by atoms with Crippen LogP contribution in [-0.4, -0.2) is 44.3 Å². The minimum absolute atomic E-state index is 0.0820. The summed E-state index contributed by atoms with van der Waals surface area (Å²) in [7, 11) is -3.18. The highest BCUT2D eigenvalue weighted by molar-refractivity contribution is 7.89. The highest BCUT2D eigenvalue weighted by Gasteiger charge is 2.30. The summed E-state index contributed by atoms with van der Waals surface area (Å²) in [5, 5.41) is 2.88. The summed E-state index contributed by atoms with van der Waals surface area (Å²) in [6.07, 6.45) is 1.69. The number of benzene rings is 1. The van der Waals surface area contributed by atoms with E-state index in [9.17, 15) is 13.2 Å². The first-order valence-corrected chi connectivity index (χ1v) is 9.79. The standard InChI is InChI=1S/C16H22N2O5S/c1-2-9-24(20,21)18-7-5-12(6-8-18)16(19)17-13-3-4-14-15(10-13)23-11-22-14/h3-4,10,12H,2,5-9,11H2,1H3,(H,17,19). The molecule has 0 aliphatic carbocycles. The van der Waals surface area contributed by atoms with Crippen molar-refractivity contribution in [1.29, 1.82) is 0 Å². The topological polar surface area (TPSA) is 84.9 Å². The third-order valence-corrected chi connectivity index (χ3v) is 6.40. The SMILES string of the molecule is CCCS(=O)(=O)N1CCC(C(=O)Nc2ccc3c(c2)OCO3)CC1. The number of ether oxygens (including phenoxy) is 2. The van der Waals surface area contributed by atoms with Crippen LogP contribution >= 0.6 is 0 Å². The zero-order chi connectivity index (χ0) is 17.2. The van der Waals surface area contributed by atoms with Crippen LogP contribution in [0.1, 0.15) is 26.2 Å². The first kappa shape index (κ1) is 17.0. The molecule has 1 aromatic rings. The Morgan fingerprint density at radius 3 is 2.67 bits per heavy atom. The van der Waals surface area contributed by atoms with Gasteiger partial charge in [0.15, 0.2) is 11.5 Å². The Morgan fingerprint density at radius 2 is 1.96 bits per heavy atom. The molecule has 0 atom stereocenters. The molecule has 2 aliphatic rings. The summed E-state index contributed by atoms with van der Waals surface area (Å²) in [6.45, 7) is 2.85. The molecular weight excluding hydrogens is 332 g/mol. The van der Waals surface area contributed by atoms with E-state index in [1.165, 1.54) is 4.31 Å². The number of anilines is 1. The van der Waals surface area contributed by atoms with Gasteiger partial charge < -0.3 is 14.8 Å². The molecule has 0 spiro atoms. The number of fused-ring (bicyclic) bond motifs is 1. The molecule has 0 saturated carbocycles. The van der Waals surface area contributed by atoms with Gasteiger partial charge in [-0.15, -0.1) is 0 Å². The number of piperidine rings is 1. The van der Waals surface area contributed by atoms with Gasteiger partial charge in [0.1, 0.15) is 0 Å². The van der Waals surface area contributed by atoms with Crippen LogP contribution in [0.3, 0.4) is 0 Å². The van der Waals surface area contributed by atoms with E-state index in [0.29, 0.717) is 49.5 Å². The highest BCUT2D eigenvalue weighted by Crippen LogP contribution is 2.34. The average molecular weight is 354 g/mol. The molecule has 24 heavy (non-hydrogen) atoms. The number of nitrogens with one attached hydrogen (secondary N) is 1. The fraction of sp³-hybridized carbons (Fsp3) is 0.562. The van der Waals surface area contributed by atoms with Crippen molar-refractivity contribution in [3.63, 3.8) is 0 Å². The predicted molar refractivity (Wildman–Crippen MR) is 89.6 cm³/mol. The largest absolute Gasteiger partial charge is 0.454 e. The van der Waals surface area contributed by atoms with Gasteiger partial charge in [0.25, 0.3) is 0 Å². The van der Waals surface area contributed by atoms with Crippen molar-refractivity contribution in [2.45, 2.75) is 26.2 Å². The molecule has 7 nitrogen and oxygen atoms in total. The molecule has 1 amide bonds. The number of hydrogen-bond acceptors (Lipinski definition) is 5. The molecule has 0 bridgehead atoms. The molecular formula is C16H22N2O5S. The van der Waals surface area contributed by atoms with E-state index < -0.39 is 10.0 Å². The van der Waals surface area contributed by atoms with Gasteiger partial charge in [-0.3, -0.25) is 4.79 Å². The van der Waals surface area contributed by atoms with Crippen LogP contribution in [-0.2, 0) is 14.8 Å². The minimum atomic E-state index is -3.18. The summed E-state index contributed by atoms with van der Waals surface area (Å²) in [6, 6.07) is 5.27. The summed E-state index contributed by atoms with van der Waals surface area (Å²) in [5.74, 6) is 1.20. The monoisotopic (exact) mass is 354 g/mol. The van der Waals surface area contributed by atoms with Gasteiger partial charge in [-0.2, -0.15) is 0 Å². The lowest BCUT2D eigenvalue weighted by Crippen LogP contribution is -2.42. The van der Waals surface area contributed by atoms with Crippen molar-refractivity contribution < 1.29 is 22.7 Å². The van der Waals surface area contributed by atoms with E-state index in [0.717, 1.165) is 0 Å². The highest BCUT2D eigenvalue weighted by atomic mass is 32.2. The number of rotatable bonds is 5. The molecule has 2 heterocycles. The van der Waals surface area contributed by atoms with Crippen molar-refractivity contribution in [1.82, 2.24) is 4.31 Å². The van der Waals surface area contributed by atoms with Gasteiger partial charge in [-0.05, 0) is 31.4 Å². The number of hydrogen-bond donors (Lipinski definition) is 1. The van der Waals surface area contributed by atoms with E-state index in [1.807, 2.05) is 6.92 Å². The Labute approximate surface area is 142 Å². The van der Waals surface area contributed by atoms with Crippen molar-refractivity contribution in [2.75, 3.05) is 31.0 Å². The van der Waals surface area contributed by atoms with Crippen LogP contribution in [0.4, 0.5) is 5.69 Å². The first-order chi connectivity index (χ1) is 11.5. The maximum atomic E-state index is 12.4. The summed E-state index contributed by atoms with van der Waals surface area (Å²) in [4.78, 5) is 12.4. The molecule has 3 rings (SSSR count). The number of sulfonamides is 1. The first-order valence-electron chi connectivity index (χ1n) is 8.18. The third kappa shape index (κ3) is 3.64. The predicted octanol–water partition coefficient (Wildman–Crippen LogP) is 1.81. The zero-order valence-corrected chi connectivity index (χ0v) is 14.5. The third-order valence-electron chi connectivity index (χ3n) is 4.32. The van der Waals surface area contributed by atoms with Gasteiger partial charge in [0.05, 0.1) is 5.75 Å². The molecule has 8 heteroatoms. The van der Waals surface area contributed by atoms with Crippen molar-refractivity contribution in [3.8, 4) is 11.5 Å². The molecule has 0 unspecified atom stereocenters. The van der Waals surface area contributed by atoms with E-state index in [-0.39, 0.29) is 24.4 Å². The van der Waals surface area contributed by atoms with Crippen LogP contribution < -0.4 is 14.8 Å². The second kappa shape index (κ2) is 6.98. The van der Waals surface area contributed by atoms with Gasteiger partial charge >= 0.3 is 0 Å². The lowest BCUT2D eigenvalue weighted by Gasteiger charge is -2.30. The Bertz CT molecular complexity index is 711. The number of carbonyl (C=O) groups excluding carboxylic acids is 1. The molecule has 1 N–H and O–H groups in total. The van der Waals surface area contributed by atoms with Gasteiger partial charge in [0, 0.05) is 30.8 Å². The van der Waals surface area contributed by atoms with Crippen LogP contribution in [0.5, 0.6) is 11.5 Å². The Hall–Kier alpha value is -1.80. The number of amides is 1. The fourth-order valence-electron chi connectivity index (χ4n) is 3.00. The van der Waals surface area contributed by atoms with Crippen LogP contribution in [0.2, 0.25) is 0 Å². The minimum Gasteiger partial charge on any atom is -0.454 e. The lowest BCUT2D eigenvalue weighted by molar-refractivity contribution is -0.120. The molecule has 0 aromatic heterocycles. The molecule has 132 valence electrons. The maximum Gasteiger partial charge on any atom is 0.231 e. The Balaban J connectivity index is 1.56. The molecule has 1 saturated heterocycles. The second-order valence-corrected chi connectivity index (χ2v) is 8.14. The zero-order valence-electron chi connectivity index (χ0n) is 13.7. The lowest BCUT2D eigenvalue weighted by atomic mass is 9.97. The molecule has 1 fully saturated rings. The van der Waals surface area contributed by atoms with Crippen molar-refractivity contribution >= 4 is 21.6 Å². The second-order valence-electron chi connectivity index (χ2n) is 6.05. The smallest absolute Gasteiger partial charge is 0.231 e. The number of carbonyl (C=O) groups is 1. The summed E-state index contributed by atoms with van der Waals surface area (Å²) >= 11 is 0. The average Bonchev–Trinajstić information content (AvgIpc) is 3.02. The van der Waals surface area contributed by atoms with Gasteiger partial charge in [0.2, 0.25) is 22.7 Å². The van der Waals surface area contributed by atoms with Crippen molar-refractivity contribution in [2.24, 2.45) is 5.92 Å². The van der Waals surface area contributed by atoms with Gasteiger partial charge in [-0.1, -0.05) is 6.92 Å².